The highest BCUT2D eigenvalue weighted by molar-refractivity contribution is 5.51. The van der Waals surface area contributed by atoms with Gasteiger partial charge in [-0.25, -0.2) is 0 Å². The van der Waals surface area contributed by atoms with Gasteiger partial charge in [0.25, 0.3) is 0 Å². The van der Waals surface area contributed by atoms with Gasteiger partial charge in [0.15, 0.2) is 11.5 Å². The van der Waals surface area contributed by atoms with Gasteiger partial charge in [-0.15, -0.1) is 0 Å². The Labute approximate surface area is 143 Å². The molecular formula is C20H25NO3. The number of methoxy groups -OCH3 is 2. The zero-order valence-corrected chi connectivity index (χ0v) is 14.6. The molecule has 1 unspecified atom stereocenters. The van der Waals surface area contributed by atoms with Gasteiger partial charge in [0.05, 0.1) is 26.9 Å². The van der Waals surface area contributed by atoms with Gasteiger partial charge < -0.3 is 19.5 Å². The molecule has 2 aromatic rings. The first-order valence-electron chi connectivity index (χ1n) is 8.47. The fourth-order valence-corrected chi connectivity index (χ4v) is 3.16. The van der Waals surface area contributed by atoms with Crippen molar-refractivity contribution in [2.24, 2.45) is 0 Å². The summed E-state index contributed by atoms with van der Waals surface area (Å²) in [6, 6.07) is 12.7. The van der Waals surface area contributed by atoms with Gasteiger partial charge in [-0.3, -0.25) is 0 Å². The molecule has 0 amide bonds. The predicted molar refractivity (Wildman–Crippen MR) is 95.3 cm³/mol. The van der Waals surface area contributed by atoms with Crippen LogP contribution in [0.3, 0.4) is 0 Å². The summed E-state index contributed by atoms with van der Waals surface area (Å²) in [5.74, 6) is 2.48. The van der Waals surface area contributed by atoms with Crippen LogP contribution in [0.4, 0.5) is 0 Å². The molecule has 0 radical (unpaired) electrons. The van der Waals surface area contributed by atoms with Crippen LogP contribution < -0.4 is 19.5 Å². The molecule has 24 heavy (non-hydrogen) atoms. The van der Waals surface area contributed by atoms with E-state index in [0.717, 1.165) is 43.2 Å². The van der Waals surface area contributed by atoms with E-state index < -0.39 is 0 Å². The van der Waals surface area contributed by atoms with Gasteiger partial charge in [0.1, 0.15) is 5.75 Å². The normalized spacial score (nSPS) is 16.4. The molecule has 4 nitrogen and oxygen atoms in total. The highest BCUT2D eigenvalue weighted by Crippen LogP contribution is 2.37. The fraction of sp³-hybridized carbons (Fsp3) is 0.400. The van der Waals surface area contributed by atoms with E-state index in [1.165, 1.54) is 16.7 Å². The molecule has 0 saturated carbocycles. The summed E-state index contributed by atoms with van der Waals surface area (Å²) in [4.78, 5) is 0. The minimum atomic E-state index is 0.161. The average molecular weight is 327 g/mol. The zero-order chi connectivity index (χ0) is 16.9. The summed E-state index contributed by atoms with van der Waals surface area (Å²) >= 11 is 0. The second kappa shape index (κ2) is 7.58. The maximum atomic E-state index is 5.68. The van der Waals surface area contributed by atoms with Gasteiger partial charge in [0.2, 0.25) is 0 Å². The predicted octanol–water partition coefficient (Wildman–Crippen LogP) is 3.73. The van der Waals surface area contributed by atoms with E-state index in [2.05, 4.69) is 36.5 Å². The molecule has 128 valence electrons. The van der Waals surface area contributed by atoms with Crippen molar-refractivity contribution in [3.63, 3.8) is 0 Å². The number of fused-ring (bicyclic) bond motifs is 1. The molecule has 0 aliphatic carbocycles. The standard InChI is InChI=1S/C20H25NO3/c1-4-11-24-16-7-5-14(6-8-16)20-17-13-19(23-3)18(22-2)12-15(17)9-10-21-20/h5-8,12-13,20-21H,4,9-11H2,1-3H3. The smallest absolute Gasteiger partial charge is 0.161 e. The Balaban J connectivity index is 1.91. The molecule has 0 spiro atoms. The van der Waals surface area contributed by atoms with Gasteiger partial charge in [0, 0.05) is 6.54 Å². The lowest BCUT2D eigenvalue weighted by molar-refractivity contribution is 0.317. The van der Waals surface area contributed by atoms with E-state index in [0.29, 0.717) is 0 Å². The first kappa shape index (κ1) is 16.7. The molecule has 0 fully saturated rings. The highest BCUT2D eigenvalue weighted by Gasteiger charge is 2.23. The second-order valence-corrected chi connectivity index (χ2v) is 5.96. The highest BCUT2D eigenvalue weighted by atomic mass is 16.5. The Bertz CT molecular complexity index is 682. The Morgan fingerprint density at radius 3 is 2.42 bits per heavy atom. The lowest BCUT2D eigenvalue weighted by Gasteiger charge is -2.28. The molecule has 3 rings (SSSR count). The van der Waals surface area contributed by atoms with Crippen LogP contribution in [0.25, 0.3) is 0 Å². The largest absolute Gasteiger partial charge is 0.494 e. The number of hydrogen-bond acceptors (Lipinski definition) is 4. The molecule has 1 heterocycles. The molecular weight excluding hydrogens is 302 g/mol. The molecule has 0 bridgehead atoms. The first-order chi connectivity index (χ1) is 11.8. The summed E-state index contributed by atoms with van der Waals surface area (Å²) in [6.45, 7) is 3.81. The topological polar surface area (TPSA) is 39.7 Å². The maximum absolute atomic E-state index is 5.68. The van der Waals surface area contributed by atoms with Crippen molar-refractivity contribution in [2.45, 2.75) is 25.8 Å². The van der Waals surface area contributed by atoms with E-state index in [-0.39, 0.29) is 6.04 Å². The third-order valence-corrected chi connectivity index (χ3v) is 4.39. The van der Waals surface area contributed by atoms with Crippen LogP contribution in [0.15, 0.2) is 36.4 Å². The number of ether oxygens (including phenoxy) is 3. The van der Waals surface area contributed by atoms with Crippen molar-refractivity contribution in [3.05, 3.63) is 53.1 Å². The lowest BCUT2D eigenvalue weighted by atomic mass is 9.89. The quantitative estimate of drug-likeness (QED) is 0.877. The minimum Gasteiger partial charge on any atom is -0.494 e. The van der Waals surface area contributed by atoms with Crippen LogP contribution in [0, 0.1) is 0 Å². The Morgan fingerprint density at radius 1 is 1.04 bits per heavy atom. The van der Waals surface area contributed by atoms with Crippen LogP contribution >= 0.6 is 0 Å². The third-order valence-electron chi connectivity index (χ3n) is 4.39. The number of hydrogen-bond donors (Lipinski definition) is 1. The fourth-order valence-electron chi connectivity index (χ4n) is 3.16. The Morgan fingerprint density at radius 2 is 1.75 bits per heavy atom. The van der Waals surface area contributed by atoms with Crippen LogP contribution in [0.1, 0.15) is 36.1 Å². The molecule has 4 heteroatoms. The molecule has 1 N–H and O–H groups in total. The van der Waals surface area contributed by atoms with Crippen molar-refractivity contribution in [3.8, 4) is 17.2 Å². The number of nitrogens with one attached hydrogen (secondary N) is 1. The van der Waals surface area contributed by atoms with E-state index in [9.17, 15) is 0 Å². The minimum absolute atomic E-state index is 0.161. The summed E-state index contributed by atoms with van der Waals surface area (Å²) in [6.07, 6.45) is 2.00. The van der Waals surface area contributed by atoms with Gasteiger partial charge in [-0.05, 0) is 53.8 Å². The SMILES string of the molecule is CCCOc1ccc(C2NCCc3cc(OC)c(OC)cc32)cc1. The zero-order valence-electron chi connectivity index (χ0n) is 14.6. The Hall–Kier alpha value is -2.20. The Kier molecular flexibility index (Phi) is 5.26. The van der Waals surface area contributed by atoms with Crippen LogP contribution in [-0.2, 0) is 6.42 Å². The van der Waals surface area contributed by atoms with Crippen molar-refractivity contribution in [2.75, 3.05) is 27.4 Å². The summed E-state index contributed by atoms with van der Waals surface area (Å²) in [7, 11) is 3.35. The van der Waals surface area contributed by atoms with Gasteiger partial charge >= 0.3 is 0 Å². The van der Waals surface area contributed by atoms with Crippen molar-refractivity contribution in [1.29, 1.82) is 0 Å². The molecule has 1 atom stereocenters. The molecule has 1 aliphatic rings. The van der Waals surface area contributed by atoms with Crippen LogP contribution in [0.5, 0.6) is 17.2 Å². The summed E-state index contributed by atoms with van der Waals surface area (Å²) in [5.41, 5.74) is 3.79. The number of benzene rings is 2. The van der Waals surface area contributed by atoms with E-state index in [4.69, 9.17) is 14.2 Å². The third kappa shape index (κ3) is 3.34. The van der Waals surface area contributed by atoms with Crippen LogP contribution in [0.2, 0.25) is 0 Å². The molecule has 0 saturated heterocycles. The van der Waals surface area contributed by atoms with E-state index in [1.54, 1.807) is 14.2 Å². The van der Waals surface area contributed by atoms with Crippen molar-refractivity contribution < 1.29 is 14.2 Å². The molecule has 2 aromatic carbocycles. The number of rotatable bonds is 6. The second-order valence-electron chi connectivity index (χ2n) is 5.96. The van der Waals surface area contributed by atoms with Gasteiger partial charge in [-0.2, -0.15) is 0 Å². The first-order valence-corrected chi connectivity index (χ1v) is 8.47. The van der Waals surface area contributed by atoms with E-state index in [1.807, 2.05) is 12.1 Å². The van der Waals surface area contributed by atoms with Crippen molar-refractivity contribution >= 4 is 0 Å². The monoisotopic (exact) mass is 327 g/mol. The molecule has 0 aromatic heterocycles. The average Bonchev–Trinajstić information content (AvgIpc) is 2.65. The molecule has 1 aliphatic heterocycles. The van der Waals surface area contributed by atoms with E-state index >= 15 is 0 Å². The summed E-state index contributed by atoms with van der Waals surface area (Å²) < 4.78 is 16.6. The van der Waals surface area contributed by atoms with Gasteiger partial charge in [-0.1, -0.05) is 19.1 Å². The van der Waals surface area contributed by atoms with Crippen molar-refractivity contribution in [1.82, 2.24) is 5.32 Å². The summed E-state index contributed by atoms with van der Waals surface area (Å²) in [5, 5.41) is 3.61. The van der Waals surface area contributed by atoms with Crippen LogP contribution in [-0.4, -0.2) is 27.4 Å². The maximum Gasteiger partial charge on any atom is 0.161 e. The lowest BCUT2D eigenvalue weighted by Crippen LogP contribution is -2.30.